The second-order valence-corrected chi connectivity index (χ2v) is 8.40. The van der Waals surface area contributed by atoms with Crippen LogP contribution in [0.4, 0.5) is 10.1 Å². The van der Waals surface area contributed by atoms with Crippen LogP contribution in [0.2, 0.25) is 0 Å². The van der Waals surface area contributed by atoms with Gasteiger partial charge in [-0.15, -0.1) is 0 Å². The Morgan fingerprint density at radius 2 is 1.60 bits per heavy atom. The maximum absolute atomic E-state index is 13.8. The standard InChI is InChI=1S/C22H21FN2O4S/c1-29-18-11-13-19(14-12-18)30(27,28)25(15-17-7-3-2-4-8-17)16-22(26)24-21-10-6-5-9-20(21)23/h2-14H,15-16H2,1H3,(H,24,26). The number of rotatable bonds is 8. The van der Waals surface area contributed by atoms with E-state index in [4.69, 9.17) is 4.74 Å². The zero-order valence-corrected chi connectivity index (χ0v) is 17.1. The highest BCUT2D eigenvalue weighted by molar-refractivity contribution is 7.89. The minimum atomic E-state index is -4.00. The van der Waals surface area contributed by atoms with Crippen LogP contribution in [0.25, 0.3) is 0 Å². The molecule has 0 unspecified atom stereocenters. The molecule has 1 amide bonds. The summed E-state index contributed by atoms with van der Waals surface area (Å²) < 4.78 is 46.4. The van der Waals surface area contributed by atoms with E-state index in [1.54, 1.807) is 30.3 Å². The van der Waals surface area contributed by atoms with Crippen molar-refractivity contribution in [1.82, 2.24) is 4.31 Å². The molecule has 156 valence electrons. The van der Waals surface area contributed by atoms with Crippen molar-refractivity contribution in [3.05, 3.63) is 90.2 Å². The number of hydrogen-bond acceptors (Lipinski definition) is 4. The molecule has 6 nitrogen and oxygen atoms in total. The van der Waals surface area contributed by atoms with Crippen LogP contribution < -0.4 is 10.1 Å². The van der Waals surface area contributed by atoms with Crippen LogP contribution in [-0.4, -0.2) is 32.3 Å². The number of hydrogen-bond donors (Lipinski definition) is 1. The summed E-state index contributed by atoms with van der Waals surface area (Å²) >= 11 is 0. The van der Waals surface area contributed by atoms with Crippen molar-refractivity contribution >= 4 is 21.6 Å². The maximum Gasteiger partial charge on any atom is 0.243 e. The number of nitrogens with zero attached hydrogens (tertiary/aromatic N) is 1. The fourth-order valence-electron chi connectivity index (χ4n) is 2.82. The van der Waals surface area contributed by atoms with Gasteiger partial charge in [0, 0.05) is 6.54 Å². The Morgan fingerprint density at radius 3 is 2.23 bits per heavy atom. The lowest BCUT2D eigenvalue weighted by molar-refractivity contribution is -0.116. The molecule has 1 N–H and O–H groups in total. The van der Waals surface area contributed by atoms with Gasteiger partial charge in [-0.25, -0.2) is 12.8 Å². The highest BCUT2D eigenvalue weighted by Crippen LogP contribution is 2.22. The van der Waals surface area contributed by atoms with E-state index < -0.39 is 28.3 Å². The third kappa shape index (κ3) is 5.22. The molecule has 3 aromatic carbocycles. The van der Waals surface area contributed by atoms with Gasteiger partial charge in [0.2, 0.25) is 15.9 Å². The van der Waals surface area contributed by atoms with Crippen LogP contribution in [0.3, 0.4) is 0 Å². The SMILES string of the molecule is COc1ccc(S(=O)(=O)N(CC(=O)Nc2ccccc2F)Cc2ccccc2)cc1. The lowest BCUT2D eigenvalue weighted by Crippen LogP contribution is -2.37. The number of ether oxygens (including phenoxy) is 1. The Morgan fingerprint density at radius 1 is 0.967 bits per heavy atom. The minimum Gasteiger partial charge on any atom is -0.497 e. The summed E-state index contributed by atoms with van der Waals surface area (Å²) in [6, 6.07) is 20.5. The largest absolute Gasteiger partial charge is 0.497 e. The quantitative estimate of drug-likeness (QED) is 0.594. The predicted octanol–water partition coefficient (Wildman–Crippen LogP) is 3.66. The van der Waals surface area contributed by atoms with E-state index in [9.17, 15) is 17.6 Å². The minimum absolute atomic E-state index is 0.0102. The van der Waals surface area contributed by atoms with Gasteiger partial charge in [-0.2, -0.15) is 4.31 Å². The lowest BCUT2D eigenvalue weighted by Gasteiger charge is -2.22. The monoisotopic (exact) mass is 428 g/mol. The number of sulfonamides is 1. The molecule has 0 aromatic heterocycles. The molecular formula is C22H21FN2O4S. The zero-order valence-electron chi connectivity index (χ0n) is 16.3. The Balaban J connectivity index is 1.87. The fraction of sp³-hybridized carbons (Fsp3) is 0.136. The second kappa shape index (κ2) is 9.51. The molecule has 0 spiro atoms. The van der Waals surface area contributed by atoms with Crippen LogP contribution in [0, 0.1) is 5.82 Å². The van der Waals surface area contributed by atoms with E-state index in [1.165, 1.54) is 49.6 Å². The van der Waals surface area contributed by atoms with Crippen LogP contribution in [0.15, 0.2) is 83.8 Å². The predicted molar refractivity (Wildman–Crippen MR) is 112 cm³/mol. The fourth-order valence-corrected chi connectivity index (χ4v) is 4.21. The first-order valence-corrected chi connectivity index (χ1v) is 10.6. The zero-order chi connectivity index (χ0) is 21.6. The van der Waals surface area contributed by atoms with Crippen molar-refractivity contribution in [3.63, 3.8) is 0 Å². The Bertz CT molecular complexity index is 1100. The average molecular weight is 428 g/mol. The molecule has 3 aromatic rings. The molecule has 0 saturated carbocycles. The third-order valence-electron chi connectivity index (χ3n) is 4.37. The molecule has 0 bridgehead atoms. The van der Waals surface area contributed by atoms with Crippen molar-refractivity contribution in [2.24, 2.45) is 0 Å². The molecule has 30 heavy (non-hydrogen) atoms. The van der Waals surface area contributed by atoms with Crippen molar-refractivity contribution in [2.45, 2.75) is 11.4 Å². The van der Waals surface area contributed by atoms with Crippen LogP contribution in [0.5, 0.6) is 5.75 Å². The van der Waals surface area contributed by atoms with Gasteiger partial charge in [-0.1, -0.05) is 42.5 Å². The summed E-state index contributed by atoms with van der Waals surface area (Å²) in [4.78, 5) is 12.6. The Labute approximate surface area is 175 Å². The summed E-state index contributed by atoms with van der Waals surface area (Å²) in [6.45, 7) is -0.489. The number of amides is 1. The number of halogens is 1. The van der Waals surface area contributed by atoms with E-state index in [0.717, 1.165) is 4.31 Å². The van der Waals surface area contributed by atoms with Gasteiger partial charge in [0.05, 0.1) is 24.2 Å². The van der Waals surface area contributed by atoms with Crippen LogP contribution >= 0.6 is 0 Å². The lowest BCUT2D eigenvalue weighted by atomic mass is 10.2. The van der Waals surface area contributed by atoms with E-state index in [-0.39, 0.29) is 17.1 Å². The molecule has 0 fully saturated rings. The van der Waals surface area contributed by atoms with Gasteiger partial charge >= 0.3 is 0 Å². The van der Waals surface area contributed by atoms with Crippen LogP contribution in [0.1, 0.15) is 5.56 Å². The van der Waals surface area contributed by atoms with Gasteiger partial charge in [-0.05, 0) is 42.0 Å². The highest BCUT2D eigenvalue weighted by Gasteiger charge is 2.27. The van der Waals surface area contributed by atoms with Crippen molar-refractivity contribution < 1.29 is 22.3 Å². The molecular weight excluding hydrogens is 407 g/mol. The second-order valence-electron chi connectivity index (χ2n) is 6.46. The molecule has 3 rings (SSSR count). The van der Waals surface area contributed by atoms with Crippen molar-refractivity contribution in [2.75, 3.05) is 19.0 Å². The number of nitrogens with one attached hydrogen (secondary N) is 1. The van der Waals surface area contributed by atoms with Gasteiger partial charge < -0.3 is 10.1 Å². The number of para-hydroxylation sites is 1. The highest BCUT2D eigenvalue weighted by atomic mass is 32.2. The van der Waals surface area contributed by atoms with E-state index in [0.29, 0.717) is 11.3 Å². The van der Waals surface area contributed by atoms with E-state index >= 15 is 0 Å². The number of methoxy groups -OCH3 is 1. The average Bonchev–Trinajstić information content (AvgIpc) is 2.75. The molecule has 0 aliphatic carbocycles. The number of anilines is 1. The summed E-state index contributed by atoms with van der Waals surface area (Å²) in [6.07, 6.45) is 0. The molecule has 0 aliphatic heterocycles. The smallest absolute Gasteiger partial charge is 0.243 e. The summed E-state index contributed by atoms with van der Waals surface area (Å²) in [5.41, 5.74) is 0.706. The van der Waals surface area contributed by atoms with Crippen molar-refractivity contribution in [3.8, 4) is 5.75 Å². The number of benzene rings is 3. The third-order valence-corrected chi connectivity index (χ3v) is 6.17. The van der Waals surface area contributed by atoms with Crippen LogP contribution in [-0.2, 0) is 21.4 Å². The normalized spacial score (nSPS) is 11.3. The summed E-state index contributed by atoms with van der Waals surface area (Å²) in [5, 5.41) is 2.43. The maximum atomic E-state index is 13.8. The summed E-state index contributed by atoms with van der Waals surface area (Å²) in [7, 11) is -2.51. The van der Waals surface area contributed by atoms with Gasteiger partial charge in [-0.3, -0.25) is 4.79 Å². The van der Waals surface area contributed by atoms with E-state index in [1.807, 2.05) is 6.07 Å². The van der Waals surface area contributed by atoms with Gasteiger partial charge in [0.25, 0.3) is 0 Å². The Kier molecular flexibility index (Phi) is 6.81. The topological polar surface area (TPSA) is 75.7 Å². The van der Waals surface area contributed by atoms with Gasteiger partial charge in [0.15, 0.2) is 0 Å². The molecule has 0 heterocycles. The molecule has 8 heteroatoms. The Hall–Kier alpha value is -3.23. The number of carbonyl (C=O) groups excluding carboxylic acids is 1. The summed E-state index contributed by atoms with van der Waals surface area (Å²) in [5.74, 6) is -0.729. The van der Waals surface area contributed by atoms with E-state index in [2.05, 4.69) is 5.32 Å². The molecule has 0 radical (unpaired) electrons. The first kappa shape index (κ1) is 21.5. The van der Waals surface area contributed by atoms with Gasteiger partial charge in [0.1, 0.15) is 11.6 Å². The molecule has 0 aliphatic rings. The van der Waals surface area contributed by atoms with Crippen molar-refractivity contribution in [1.29, 1.82) is 0 Å². The first-order valence-electron chi connectivity index (χ1n) is 9.12. The number of carbonyl (C=O) groups is 1. The molecule has 0 saturated heterocycles. The molecule has 0 atom stereocenters. The first-order chi connectivity index (χ1) is 14.4.